The van der Waals surface area contributed by atoms with Crippen LogP contribution in [0.5, 0.6) is 0 Å². The number of rotatable bonds is 4. The number of hydrogen-bond donors (Lipinski definition) is 3. The first-order valence-corrected chi connectivity index (χ1v) is 6.51. The first-order chi connectivity index (χ1) is 9.45. The molecule has 1 aliphatic rings. The van der Waals surface area contributed by atoms with E-state index in [1.54, 1.807) is 0 Å². The molecule has 0 bridgehead atoms. The first-order valence-electron chi connectivity index (χ1n) is 5.63. The first kappa shape index (κ1) is 14.1. The molecule has 1 aromatic carbocycles. The minimum absolute atomic E-state index is 0.0334. The van der Waals surface area contributed by atoms with Crippen LogP contribution >= 0.6 is 11.8 Å². The van der Waals surface area contributed by atoms with Crippen molar-refractivity contribution in [2.24, 2.45) is 10.7 Å². The highest BCUT2D eigenvalue weighted by atomic mass is 32.2. The Bertz CT molecular complexity index is 597. The zero-order valence-corrected chi connectivity index (χ0v) is 11.0. The Balaban J connectivity index is 1.92. The number of carboxylic acids is 1. The summed E-state index contributed by atoms with van der Waals surface area (Å²) in [5.41, 5.74) is 5.99. The van der Waals surface area contributed by atoms with E-state index in [1.165, 1.54) is 24.3 Å². The molecule has 20 heavy (non-hydrogen) atoms. The molecule has 0 saturated heterocycles. The van der Waals surface area contributed by atoms with E-state index in [0.29, 0.717) is 5.69 Å². The second-order valence-corrected chi connectivity index (χ2v) is 5.25. The molecule has 4 N–H and O–H groups in total. The molecule has 1 aromatic rings. The van der Waals surface area contributed by atoms with Crippen molar-refractivity contribution in [3.63, 3.8) is 0 Å². The molecule has 2 rings (SSSR count). The van der Waals surface area contributed by atoms with Gasteiger partial charge in [0, 0.05) is 12.1 Å². The molecule has 1 unspecified atom stereocenters. The van der Waals surface area contributed by atoms with Crippen LogP contribution in [0.2, 0.25) is 0 Å². The normalized spacial score (nSPS) is 17.7. The number of nitrogens with two attached hydrogens (primary N) is 1. The molecule has 0 aliphatic carbocycles. The van der Waals surface area contributed by atoms with Gasteiger partial charge in [0.1, 0.15) is 5.25 Å². The number of carbonyl (C=O) groups excluding carboxylic acids is 2. The van der Waals surface area contributed by atoms with Gasteiger partial charge in [-0.2, -0.15) is 4.99 Å². The molecule has 2 amide bonds. The second kappa shape index (κ2) is 5.74. The van der Waals surface area contributed by atoms with Crippen LogP contribution in [0.4, 0.5) is 5.69 Å². The van der Waals surface area contributed by atoms with E-state index >= 15 is 0 Å². The second-order valence-electron chi connectivity index (χ2n) is 4.03. The fraction of sp³-hybridized carbons (Fsp3) is 0.167. The van der Waals surface area contributed by atoms with Crippen LogP contribution in [0.3, 0.4) is 0 Å². The van der Waals surface area contributed by atoms with Gasteiger partial charge >= 0.3 is 5.97 Å². The van der Waals surface area contributed by atoms with Crippen LogP contribution in [-0.2, 0) is 9.59 Å². The van der Waals surface area contributed by atoms with Crippen LogP contribution < -0.4 is 11.1 Å². The SMILES string of the molecule is NC1=NC(=O)C(CC(=O)Nc2ccc(C(=O)O)cc2)S1. The minimum atomic E-state index is -1.04. The number of hydrogen-bond acceptors (Lipinski definition) is 5. The molecule has 1 atom stereocenters. The van der Waals surface area contributed by atoms with Gasteiger partial charge in [0.25, 0.3) is 5.91 Å². The average Bonchev–Trinajstić information content (AvgIpc) is 2.68. The highest BCUT2D eigenvalue weighted by Gasteiger charge is 2.29. The zero-order valence-electron chi connectivity index (χ0n) is 10.2. The van der Waals surface area contributed by atoms with Crippen molar-refractivity contribution >= 4 is 40.4 Å². The van der Waals surface area contributed by atoms with Gasteiger partial charge in [-0.05, 0) is 24.3 Å². The number of amides is 2. The van der Waals surface area contributed by atoms with Crippen LogP contribution in [0.1, 0.15) is 16.8 Å². The third-order valence-electron chi connectivity index (χ3n) is 2.55. The monoisotopic (exact) mass is 293 g/mol. The molecule has 104 valence electrons. The van der Waals surface area contributed by atoms with Crippen LogP contribution in [0.25, 0.3) is 0 Å². The molecule has 0 fully saturated rings. The number of thioether (sulfide) groups is 1. The fourth-order valence-electron chi connectivity index (χ4n) is 1.61. The molecule has 7 nitrogen and oxygen atoms in total. The van der Waals surface area contributed by atoms with E-state index < -0.39 is 17.1 Å². The van der Waals surface area contributed by atoms with E-state index in [0.717, 1.165) is 11.8 Å². The molecule has 1 heterocycles. The summed E-state index contributed by atoms with van der Waals surface area (Å²) in [6.45, 7) is 0. The van der Waals surface area contributed by atoms with Crippen molar-refractivity contribution in [3.05, 3.63) is 29.8 Å². The number of nitrogens with zero attached hydrogens (tertiary/aromatic N) is 1. The Morgan fingerprint density at radius 3 is 2.50 bits per heavy atom. The Morgan fingerprint density at radius 1 is 1.35 bits per heavy atom. The maximum Gasteiger partial charge on any atom is 0.335 e. The third kappa shape index (κ3) is 3.35. The molecular formula is C12H11N3O4S. The van der Waals surface area contributed by atoms with E-state index in [1.807, 2.05) is 0 Å². The van der Waals surface area contributed by atoms with E-state index in [2.05, 4.69) is 10.3 Å². The maximum absolute atomic E-state index is 11.8. The predicted molar refractivity (Wildman–Crippen MR) is 74.7 cm³/mol. The van der Waals surface area contributed by atoms with Gasteiger partial charge in [0.05, 0.1) is 5.56 Å². The number of carboxylic acid groups (broad SMARTS) is 1. The lowest BCUT2D eigenvalue weighted by atomic mass is 10.2. The van der Waals surface area contributed by atoms with Gasteiger partial charge in [-0.1, -0.05) is 11.8 Å². The molecule has 0 radical (unpaired) electrons. The van der Waals surface area contributed by atoms with Gasteiger partial charge in [-0.15, -0.1) is 0 Å². The maximum atomic E-state index is 11.8. The lowest BCUT2D eigenvalue weighted by Gasteiger charge is -2.08. The zero-order chi connectivity index (χ0) is 14.7. The lowest BCUT2D eigenvalue weighted by Crippen LogP contribution is -2.21. The molecule has 8 heteroatoms. The highest BCUT2D eigenvalue weighted by Crippen LogP contribution is 2.23. The summed E-state index contributed by atoms with van der Waals surface area (Å²) in [7, 11) is 0. The van der Waals surface area contributed by atoms with Crippen molar-refractivity contribution in [3.8, 4) is 0 Å². The summed E-state index contributed by atoms with van der Waals surface area (Å²) in [5.74, 6) is -1.81. The van der Waals surface area contributed by atoms with Gasteiger partial charge in [-0.25, -0.2) is 4.79 Å². The summed E-state index contributed by atoms with van der Waals surface area (Å²) in [5, 5.41) is 10.9. The lowest BCUT2D eigenvalue weighted by molar-refractivity contribution is -0.121. The topological polar surface area (TPSA) is 122 Å². The number of amidine groups is 1. The van der Waals surface area contributed by atoms with Crippen molar-refractivity contribution in [2.75, 3.05) is 5.32 Å². The number of carbonyl (C=O) groups is 3. The number of nitrogens with one attached hydrogen (secondary N) is 1. The third-order valence-corrected chi connectivity index (χ3v) is 3.53. The largest absolute Gasteiger partial charge is 0.478 e. The van der Waals surface area contributed by atoms with Gasteiger partial charge < -0.3 is 16.2 Å². The fourth-order valence-corrected chi connectivity index (χ4v) is 2.43. The molecule has 1 aliphatic heterocycles. The van der Waals surface area contributed by atoms with Gasteiger partial charge in [0.15, 0.2) is 5.17 Å². The number of anilines is 1. The summed E-state index contributed by atoms with van der Waals surface area (Å²) >= 11 is 1.06. The minimum Gasteiger partial charge on any atom is -0.478 e. The Hall–Kier alpha value is -2.35. The molecule has 0 aromatic heterocycles. The average molecular weight is 293 g/mol. The summed E-state index contributed by atoms with van der Waals surface area (Å²) < 4.78 is 0. The van der Waals surface area contributed by atoms with Crippen molar-refractivity contribution < 1.29 is 19.5 Å². The van der Waals surface area contributed by atoms with Crippen LogP contribution in [0, 0.1) is 0 Å². The van der Waals surface area contributed by atoms with Crippen LogP contribution in [-0.4, -0.2) is 33.3 Å². The standard InChI is InChI=1S/C12H11N3O4S/c13-12-15-10(17)8(20-12)5-9(16)14-7-3-1-6(2-4-7)11(18)19/h1-4,8H,5H2,(H,14,16)(H,18,19)(H2,13,15,17). The molecular weight excluding hydrogens is 282 g/mol. The van der Waals surface area contributed by atoms with Gasteiger partial charge in [-0.3, -0.25) is 9.59 Å². The quantitative estimate of drug-likeness (QED) is 0.750. The summed E-state index contributed by atoms with van der Waals surface area (Å²) in [6, 6.07) is 5.73. The smallest absolute Gasteiger partial charge is 0.335 e. The Labute approximate surface area is 118 Å². The summed E-state index contributed by atoms with van der Waals surface area (Å²) in [4.78, 5) is 37.3. The van der Waals surface area contributed by atoms with E-state index in [9.17, 15) is 14.4 Å². The van der Waals surface area contributed by atoms with Crippen LogP contribution in [0.15, 0.2) is 29.3 Å². The van der Waals surface area contributed by atoms with E-state index in [-0.39, 0.29) is 23.1 Å². The summed E-state index contributed by atoms with van der Waals surface area (Å²) in [6.07, 6.45) is -0.0334. The Kier molecular flexibility index (Phi) is 4.04. The Morgan fingerprint density at radius 2 is 2.00 bits per heavy atom. The predicted octanol–water partition coefficient (Wildman–Crippen LogP) is 0.670. The number of aromatic carboxylic acids is 1. The van der Waals surface area contributed by atoms with Crippen molar-refractivity contribution in [1.29, 1.82) is 0 Å². The van der Waals surface area contributed by atoms with E-state index in [4.69, 9.17) is 10.8 Å². The van der Waals surface area contributed by atoms with Crippen molar-refractivity contribution in [2.45, 2.75) is 11.7 Å². The van der Waals surface area contributed by atoms with Crippen molar-refractivity contribution in [1.82, 2.24) is 0 Å². The molecule has 0 saturated carbocycles. The molecule has 0 spiro atoms. The van der Waals surface area contributed by atoms with Gasteiger partial charge in [0.2, 0.25) is 5.91 Å². The number of benzene rings is 1. The highest BCUT2D eigenvalue weighted by molar-refractivity contribution is 8.15. The number of aliphatic imine (C=N–C) groups is 1.